The van der Waals surface area contributed by atoms with Crippen LogP contribution in [0.3, 0.4) is 0 Å². The smallest absolute Gasteiger partial charge is 0.726 e. The van der Waals surface area contributed by atoms with Gasteiger partial charge in [-0.25, -0.2) is 13.2 Å². The summed E-state index contributed by atoms with van der Waals surface area (Å²) in [7, 11) is -5.57. The number of esters is 2. The maximum absolute atomic E-state index is 13.9. The van der Waals surface area contributed by atoms with Gasteiger partial charge in [0, 0.05) is 12.0 Å². The van der Waals surface area contributed by atoms with E-state index in [2.05, 4.69) is 31.9 Å². The van der Waals surface area contributed by atoms with Crippen molar-refractivity contribution in [3.63, 3.8) is 0 Å². The van der Waals surface area contributed by atoms with E-state index in [-0.39, 0.29) is 47.5 Å². The van der Waals surface area contributed by atoms with E-state index in [1.165, 1.54) is 199 Å². The second kappa shape index (κ2) is 49.1. The molecule has 2 heterocycles. The number of rotatable bonds is 51. The Labute approximate surface area is 520 Å². The van der Waals surface area contributed by atoms with E-state index >= 15 is 0 Å². The van der Waals surface area contributed by atoms with Crippen molar-refractivity contribution in [1.29, 1.82) is 0 Å². The number of carbonyl (C=O) groups is 2. The normalized spacial score (nSPS) is 24.4. The number of unbranched alkanes of at least 4 members (excludes halogenated alkanes) is 33. The van der Waals surface area contributed by atoms with Crippen LogP contribution in [0.15, 0.2) is 11.6 Å². The van der Waals surface area contributed by atoms with Crippen molar-refractivity contribution in [2.45, 2.75) is 353 Å². The Morgan fingerprint density at radius 1 is 0.512 bits per heavy atom. The van der Waals surface area contributed by atoms with Crippen LogP contribution in [0.4, 0.5) is 0 Å². The fraction of sp³-hybridized carbons (Fsp3) is 0.938. The topological polar surface area (TPSA) is 248 Å². The van der Waals surface area contributed by atoms with Crippen LogP contribution in [0.25, 0.3) is 0 Å². The zero-order valence-corrected chi connectivity index (χ0v) is 55.5. The molecule has 0 saturated carbocycles. The predicted octanol–water partition coefficient (Wildman–Crippen LogP) is 10.3. The van der Waals surface area contributed by atoms with Crippen LogP contribution in [0.5, 0.6) is 0 Å². The van der Waals surface area contributed by atoms with Gasteiger partial charge in [-0.2, -0.15) is 0 Å². The summed E-state index contributed by atoms with van der Waals surface area (Å²) in [6, 6.07) is 0. The molecule has 0 unspecified atom stereocenters. The van der Waals surface area contributed by atoms with Gasteiger partial charge in [-0.15, -0.1) is 0 Å². The van der Waals surface area contributed by atoms with Gasteiger partial charge < -0.3 is 53.8 Å². The number of aliphatic hydroxyl groups is 5. The summed E-state index contributed by atoms with van der Waals surface area (Å²) in [5, 5.41) is 53.1. The molecule has 2 saturated heterocycles. The van der Waals surface area contributed by atoms with E-state index in [0.29, 0.717) is 18.3 Å². The Bertz CT molecular complexity index is 1710. The molecule has 2 fully saturated rings. The molecule has 0 amide bonds. The fourth-order valence-corrected chi connectivity index (χ4v) is 12.3. The second-order valence-corrected chi connectivity index (χ2v) is 25.6. The number of allylic oxidation sites excluding steroid dienone is 1. The quantitative estimate of drug-likeness (QED) is 0.00949. The number of ether oxygens (including phenoxy) is 5. The van der Waals surface area contributed by atoms with Crippen LogP contribution in [0.2, 0.25) is 0 Å². The van der Waals surface area contributed by atoms with Gasteiger partial charge in [0.15, 0.2) is 24.6 Å². The van der Waals surface area contributed by atoms with Crippen molar-refractivity contribution in [3.05, 3.63) is 11.6 Å². The van der Waals surface area contributed by atoms with Crippen molar-refractivity contribution in [2.75, 3.05) is 13.2 Å². The van der Waals surface area contributed by atoms with Gasteiger partial charge in [0.2, 0.25) is 16.7 Å². The average molecular weight is 1200 g/mol. The first-order valence-electron chi connectivity index (χ1n) is 32.9. The molecule has 0 aromatic heterocycles. The van der Waals surface area contributed by atoms with Gasteiger partial charge in [0.05, 0.1) is 13.2 Å². The summed E-state index contributed by atoms with van der Waals surface area (Å²) < 4.78 is 69.0. The monoisotopic (exact) mass is 1200 g/mol. The zero-order chi connectivity index (χ0) is 59.7. The fourth-order valence-electron chi connectivity index (χ4n) is 11.9. The molecular formula is C64H119NaO16S. The predicted molar refractivity (Wildman–Crippen MR) is 318 cm³/mol. The van der Waals surface area contributed by atoms with Gasteiger partial charge in [0.1, 0.15) is 30.5 Å². The molecule has 0 bridgehead atoms. The Morgan fingerprint density at radius 3 is 1.29 bits per heavy atom. The van der Waals surface area contributed by atoms with Crippen LogP contribution < -0.4 is 29.6 Å². The molecule has 16 nitrogen and oxygen atoms in total. The summed E-state index contributed by atoms with van der Waals surface area (Å²) in [6.07, 6.45) is 30.3. The summed E-state index contributed by atoms with van der Waals surface area (Å²) in [5.41, 5.74) is 0.221. The van der Waals surface area contributed by atoms with Crippen LogP contribution in [0.1, 0.15) is 292 Å². The Morgan fingerprint density at radius 2 is 0.890 bits per heavy atom. The minimum absolute atomic E-state index is 0. The number of carbonyl (C=O) groups excluding carboxylic acids is 2. The summed E-state index contributed by atoms with van der Waals surface area (Å²) in [4.78, 5) is 27.5. The third-order valence-electron chi connectivity index (χ3n) is 16.6. The third-order valence-corrected chi connectivity index (χ3v) is 17.1. The Kier molecular flexibility index (Phi) is 47.5. The van der Waals surface area contributed by atoms with Crippen LogP contribution in [0, 0.1) is 17.8 Å². The van der Waals surface area contributed by atoms with Crippen molar-refractivity contribution in [2.24, 2.45) is 17.8 Å². The molecule has 0 aromatic carbocycles. The number of hydrogen-bond donors (Lipinski definition) is 5. The number of aliphatic hydroxyl groups excluding tert-OH is 5. The largest absolute Gasteiger partial charge is 1.00 e. The molecule has 2 aliphatic rings. The second-order valence-electron chi connectivity index (χ2n) is 24.6. The van der Waals surface area contributed by atoms with Gasteiger partial charge in [0.25, 0.3) is 0 Å². The van der Waals surface area contributed by atoms with Crippen molar-refractivity contribution < 1.29 is 106 Å². The average Bonchev–Trinajstić information content (AvgIpc) is 3.42. The van der Waals surface area contributed by atoms with Gasteiger partial charge >= 0.3 is 41.5 Å². The third kappa shape index (κ3) is 36.5. The van der Waals surface area contributed by atoms with Gasteiger partial charge in [-0.1, -0.05) is 265 Å². The van der Waals surface area contributed by atoms with Crippen LogP contribution >= 0.6 is 0 Å². The molecule has 2 rings (SSSR count). The first-order chi connectivity index (χ1) is 39.0. The molecule has 2 aliphatic heterocycles. The Hall–Kier alpha value is -0.770. The SMILES string of the molecule is CCCCCCCCCCCCCCCCCCCCCCCC(=O)O[C@H]1[C@@H](O[C@H]2O[C@H](CO)[C@@H](O)[C@H](O)[C@H]2OS(=O)(=O)[O-])O[C@H](CO)[C@@H](O)[C@@H]1OC(=O)/C(C)=C/[C@@H](C)C[C@@H](C)C[C@@H](C)CCCCCCCCCCCCCCCC.[Na+]. The maximum Gasteiger partial charge on any atom is 1.00 e. The van der Waals surface area contributed by atoms with Crippen molar-refractivity contribution in [1.82, 2.24) is 0 Å². The van der Waals surface area contributed by atoms with Crippen molar-refractivity contribution >= 4 is 22.3 Å². The van der Waals surface area contributed by atoms with E-state index < -0.39 is 97.0 Å². The molecule has 18 heteroatoms. The molecule has 478 valence electrons. The first kappa shape index (κ1) is 79.2. The van der Waals surface area contributed by atoms with E-state index in [1.807, 2.05) is 6.92 Å². The number of hydrogen-bond acceptors (Lipinski definition) is 16. The van der Waals surface area contributed by atoms with E-state index in [1.54, 1.807) is 13.0 Å². The molecule has 0 aliphatic carbocycles. The summed E-state index contributed by atoms with van der Waals surface area (Å²) in [6.45, 7) is 10.9. The molecule has 82 heavy (non-hydrogen) atoms. The molecule has 5 N–H and O–H groups in total. The molecule has 0 aromatic rings. The first-order valence-corrected chi connectivity index (χ1v) is 34.2. The molecular weight excluding hydrogens is 1080 g/mol. The van der Waals surface area contributed by atoms with Crippen LogP contribution in [-0.2, 0) is 47.9 Å². The van der Waals surface area contributed by atoms with Crippen molar-refractivity contribution in [3.8, 4) is 0 Å². The summed E-state index contributed by atoms with van der Waals surface area (Å²) >= 11 is 0. The zero-order valence-electron chi connectivity index (χ0n) is 52.7. The van der Waals surface area contributed by atoms with E-state index in [0.717, 1.165) is 38.5 Å². The summed E-state index contributed by atoms with van der Waals surface area (Å²) in [5.74, 6) is -0.689. The minimum atomic E-state index is -5.57. The van der Waals surface area contributed by atoms with Gasteiger partial charge in [-0.05, 0) is 43.9 Å². The van der Waals surface area contributed by atoms with Gasteiger partial charge in [-0.3, -0.25) is 8.98 Å². The van der Waals surface area contributed by atoms with Crippen LogP contribution in [-0.4, -0.2) is 125 Å². The minimum Gasteiger partial charge on any atom is -0.726 e. The molecule has 0 radical (unpaired) electrons. The van der Waals surface area contributed by atoms with E-state index in [9.17, 15) is 48.1 Å². The molecule has 0 spiro atoms. The standard InChI is InChI=1S/C64H120O16S.Na/c1-7-9-11-13-15-17-19-21-23-24-25-26-27-28-29-31-33-35-37-39-41-43-55(67)77-61-59(57(69)54(48-66)76-64(61)79-63-60(80-81(72,73)74)58(70)56(68)53(47-65)75-63)78-62(71)52(6)46-51(5)45-50(4)44-49(3)42-40-38-36-34-32-30-22-20-18-16-14-12-10-8-2;/h46,49-51,53-54,56-61,63-66,68-70H,7-45,47-48H2,1-6H3,(H,72,73,74);/q;+1/p-1/b52-46+;/t49-,50-,51-,53+,54+,56+,57+,58-,59-,60+,61+,63+,64+;/m0./s1. The molecule has 13 atom stereocenters. The van der Waals surface area contributed by atoms with E-state index in [4.69, 9.17) is 23.7 Å². The maximum atomic E-state index is 13.9. The Balaban J connectivity index is 0.0000336.